The van der Waals surface area contributed by atoms with Crippen LogP contribution >= 0.6 is 0 Å². The highest BCUT2D eigenvalue weighted by Crippen LogP contribution is 2.20. The minimum Gasteiger partial charge on any atom is -0.497 e. The van der Waals surface area contributed by atoms with Gasteiger partial charge in [-0.1, -0.05) is 12.1 Å². The van der Waals surface area contributed by atoms with Gasteiger partial charge in [0, 0.05) is 6.42 Å². The van der Waals surface area contributed by atoms with Crippen molar-refractivity contribution in [3.05, 3.63) is 29.8 Å². The molecule has 3 nitrogen and oxygen atoms in total. The van der Waals surface area contributed by atoms with E-state index in [9.17, 15) is 5.11 Å². The van der Waals surface area contributed by atoms with E-state index in [2.05, 4.69) is 0 Å². The number of nitriles is 1. The highest BCUT2D eigenvalue weighted by Gasteiger charge is 2.06. The summed E-state index contributed by atoms with van der Waals surface area (Å²) in [4.78, 5) is 0. The second-order valence-corrected chi connectivity index (χ2v) is 2.99. The van der Waals surface area contributed by atoms with Crippen LogP contribution in [0.25, 0.3) is 0 Å². The molecule has 0 unspecified atom stereocenters. The number of nitrogens with zero attached hydrogens (tertiary/aromatic N) is 1. The van der Waals surface area contributed by atoms with Gasteiger partial charge in [-0.05, 0) is 24.1 Å². The van der Waals surface area contributed by atoms with Gasteiger partial charge >= 0.3 is 0 Å². The van der Waals surface area contributed by atoms with E-state index in [0.717, 1.165) is 11.3 Å². The molecule has 0 aliphatic heterocycles. The van der Waals surface area contributed by atoms with Crippen molar-refractivity contribution < 1.29 is 9.84 Å². The minimum atomic E-state index is -0.555. The van der Waals surface area contributed by atoms with E-state index < -0.39 is 6.10 Å². The Morgan fingerprint density at radius 3 is 2.57 bits per heavy atom. The van der Waals surface area contributed by atoms with E-state index in [0.29, 0.717) is 12.8 Å². The van der Waals surface area contributed by atoms with Gasteiger partial charge in [0.05, 0.1) is 19.3 Å². The summed E-state index contributed by atoms with van der Waals surface area (Å²) in [7, 11) is 1.60. The first-order chi connectivity index (χ1) is 6.77. The highest BCUT2D eigenvalue weighted by molar-refractivity contribution is 5.28. The van der Waals surface area contributed by atoms with Crippen LogP contribution in [0, 0.1) is 11.3 Å². The normalized spacial score (nSPS) is 11.8. The number of benzene rings is 1. The van der Waals surface area contributed by atoms with Crippen LogP contribution in [0.5, 0.6) is 5.75 Å². The molecule has 0 bridgehead atoms. The summed E-state index contributed by atoms with van der Waals surface area (Å²) in [6.07, 6.45) is 0.288. The van der Waals surface area contributed by atoms with E-state index in [1.807, 2.05) is 6.07 Å². The molecule has 0 aliphatic rings. The Kier molecular flexibility index (Phi) is 3.96. The van der Waals surface area contributed by atoms with Crippen molar-refractivity contribution >= 4 is 0 Å². The van der Waals surface area contributed by atoms with Gasteiger partial charge in [0.1, 0.15) is 5.75 Å². The molecule has 1 aromatic rings. The summed E-state index contributed by atoms with van der Waals surface area (Å²) < 4.78 is 5.00. The van der Waals surface area contributed by atoms with E-state index in [-0.39, 0.29) is 0 Å². The summed E-state index contributed by atoms with van der Waals surface area (Å²) in [5.41, 5.74) is 0.820. The first kappa shape index (κ1) is 10.6. The molecule has 0 saturated heterocycles. The van der Waals surface area contributed by atoms with Crippen LogP contribution in [-0.2, 0) is 0 Å². The number of rotatable bonds is 4. The van der Waals surface area contributed by atoms with Crippen molar-refractivity contribution in [3.8, 4) is 11.8 Å². The lowest BCUT2D eigenvalue weighted by Gasteiger charge is -2.09. The van der Waals surface area contributed by atoms with Gasteiger partial charge in [0.2, 0.25) is 0 Å². The lowest BCUT2D eigenvalue weighted by Crippen LogP contribution is -1.96. The summed E-state index contributed by atoms with van der Waals surface area (Å²) in [6, 6.07) is 9.21. The van der Waals surface area contributed by atoms with Crippen molar-refractivity contribution in [2.75, 3.05) is 7.11 Å². The number of ether oxygens (including phenoxy) is 1. The fraction of sp³-hybridized carbons (Fsp3) is 0.364. The molecule has 0 amide bonds. The van der Waals surface area contributed by atoms with Gasteiger partial charge in [0.25, 0.3) is 0 Å². The summed E-state index contributed by atoms with van der Waals surface area (Å²) in [6.45, 7) is 0. The molecule has 0 saturated carbocycles. The average Bonchev–Trinajstić information content (AvgIpc) is 2.26. The molecule has 3 heteroatoms. The fourth-order valence-corrected chi connectivity index (χ4v) is 1.19. The smallest absolute Gasteiger partial charge is 0.118 e. The number of hydrogen-bond acceptors (Lipinski definition) is 3. The zero-order chi connectivity index (χ0) is 10.4. The molecular formula is C11H13NO2. The van der Waals surface area contributed by atoms with Gasteiger partial charge in [-0.15, -0.1) is 0 Å². The molecule has 0 spiro atoms. The maximum Gasteiger partial charge on any atom is 0.118 e. The van der Waals surface area contributed by atoms with Crippen LogP contribution in [0.2, 0.25) is 0 Å². The van der Waals surface area contributed by atoms with Crippen LogP contribution < -0.4 is 4.74 Å². The van der Waals surface area contributed by atoms with Gasteiger partial charge in [-0.3, -0.25) is 0 Å². The average molecular weight is 191 g/mol. The standard InChI is InChI=1S/C11H13NO2/c1-14-10-6-4-9(5-7-10)11(13)3-2-8-12/h4-7,11,13H,2-3H2,1H3/t11-/m0/s1. The lowest BCUT2D eigenvalue weighted by atomic mass is 10.1. The Labute approximate surface area is 83.6 Å². The largest absolute Gasteiger partial charge is 0.497 e. The first-order valence-electron chi connectivity index (χ1n) is 4.47. The molecule has 0 aromatic heterocycles. The van der Waals surface area contributed by atoms with E-state index in [1.165, 1.54) is 0 Å². The van der Waals surface area contributed by atoms with Crippen LogP contribution in [0.3, 0.4) is 0 Å². The molecule has 0 fully saturated rings. The second-order valence-electron chi connectivity index (χ2n) is 2.99. The van der Waals surface area contributed by atoms with Gasteiger partial charge in [-0.2, -0.15) is 5.26 Å². The third-order valence-electron chi connectivity index (χ3n) is 2.03. The molecule has 14 heavy (non-hydrogen) atoms. The Morgan fingerprint density at radius 2 is 2.07 bits per heavy atom. The Hall–Kier alpha value is -1.53. The SMILES string of the molecule is COc1ccc([C@@H](O)CCC#N)cc1. The zero-order valence-electron chi connectivity index (χ0n) is 8.10. The topological polar surface area (TPSA) is 53.2 Å². The Morgan fingerprint density at radius 1 is 1.43 bits per heavy atom. The van der Waals surface area contributed by atoms with Crippen molar-refractivity contribution in [2.45, 2.75) is 18.9 Å². The lowest BCUT2D eigenvalue weighted by molar-refractivity contribution is 0.169. The third-order valence-corrected chi connectivity index (χ3v) is 2.03. The monoisotopic (exact) mass is 191 g/mol. The van der Waals surface area contributed by atoms with Gasteiger partial charge < -0.3 is 9.84 Å². The first-order valence-corrected chi connectivity index (χ1v) is 4.47. The van der Waals surface area contributed by atoms with Crippen molar-refractivity contribution in [1.29, 1.82) is 5.26 Å². The van der Waals surface area contributed by atoms with E-state index in [1.54, 1.807) is 31.4 Å². The summed E-state index contributed by atoms with van der Waals surface area (Å²) in [5, 5.41) is 18.0. The van der Waals surface area contributed by atoms with Crippen molar-refractivity contribution in [3.63, 3.8) is 0 Å². The number of aliphatic hydroxyl groups excluding tert-OH is 1. The molecule has 74 valence electrons. The maximum absolute atomic E-state index is 9.62. The van der Waals surface area contributed by atoms with E-state index in [4.69, 9.17) is 10.00 Å². The fourth-order valence-electron chi connectivity index (χ4n) is 1.19. The molecule has 0 aliphatic carbocycles. The Bertz CT molecular complexity index is 313. The van der Waals surface area contributed by atoms with Crippen LogP contribution in [0.15, 0.2) is 24.3 Å². The van der Waals surface area contributed by atoms with Crippen molar-refractivity contribution in [2.24, 2.45) is 0 Å². The molecule has 0 radical (unpaired) electrons. The maximum atomic E-state index is 9.62. The Balaban J connectivity index is 2.62. The van der Waals surface area contributed by atoms with Gasteiger partial charge in [0.15, 0.2) is 0 Å². The zero-order valence-corrected chi connectivity index (χ0v) is 8.10. The summed E-state index contributed by atoms with van der Waals surface area (Å²) >= 11 is 0. The van der Waals surface area contributed by atoms with Crippen LogP contribution in [0.4, 0.5) is 0 Å². The quantitative estimate of drug-likeness (QED) is 0.792. The molecular weight excluding hydrogens is 178 g/mol. The second kappa shape index (κ2) is 5.25. The number of aliphatic hydroxyl groups is 1. The minimum absolute atomic E-state index is 0.368. The van der Waals surface area contributed by atoms with Crippen LogP contribution in [-0.4, -0.2) is 12.2 Å². The predicted octanol–water partition coefficient (Wildman–Crippen LogP) is 2.03. The van der Waals surface area contributed by atoms with Gasteiger partial charge in [-0.25, -0.2) is 0 Å². The van der Waals surface area contributed by atoms with E-state index >= 15 is 0 Å². The molecule has 1 N–H and O–H groups in total. The third kappa shape index (κ3) is 2.75. The highest BCUT2D eigenvalue weighted by atomic mass is 16.5. The number of hydrogen-bond donors (Lipinski definition) is 1. The molecule has 0 heterocycles. The molecule has 1 rings (SSSR count). The number of methoxy groups -OCH3 is 1. The molecule has 1 atom stereocenters. The van der Waals surface area contributed by atoms with Crippen LogP contribution in [0.1, 0.15) is 24.5 Å². The summed E-state index contributed by atoms with van der Waals surface area (Å²) in [5.74, 6) is 0.765. The molecule has 1 aromatic carbocycles. The van der Waals surface area contributed by atoms with Crippen molar-refractivity contribution in [1.82, 2.24) is 0 Å². The predicted molar refractivity (Wildman–Crippen MR) is 52.8 cm³/mol.